The lowest BCUT2D eigenvalue weighted by Gasteiger charge is -2.20. The molecule has 2 aliphatic rings. The van der Waals surface area contributed by atoms with Crippen LogP contribution >= 0.6 is 11.3 Å². The molecule has 3 heterocycles. The van der Waals surface area contributed by atoms with Crippen LogP contribution in [0.4, 0.5) is 0 Å². The van der Waals surface area contributed by atoms with Crippen molar-refractivity contribution in [1.82, 2.24) is 9.13 Å². The maximum Gasteiger partial charge on any atom is 0.0537 e. The molecule has 2 unspecified atom stereocenters. The second kappa shape index (κ2) is 13.2. The van der Waals surface area contributed by atoms with E-state index in [0.29, 0.717) is 5.92 Å². The molecular formula is C55H40N2S. The molecule has 10 aromatic rings. The first kappa shape index (κ1) is 33.5. The van der Waals surface area contributed by atoms with E-state index >= 15 is 0 Å². The Kier molecular flexibility index (Phi) is 7.61. The molecule has 12 rings (SSSR count). The van der Waals surface area contributed by atoms with Gasteiger partial charge in [0.1, 0.15) is 0 Å². The second-order valence-corrected chi connectivity index (χ2v) is 17.1. The van der Waals surface area contributed by atoms with Gasteiger partial charge < -0.3 is 9.13 Å². The SMILES string of the molecule is CC1CC=Cc2c1c1cc(C3C=Cc4c(c5ccccc5n4-c4cc(-c5cccc(-c6ccccc6)c5)c5sc6ccccc6c5c4)C3)ccc1n2-c1ccccc1. The van der Waals surface area contributed by atoms with Crippen molar-refractivity contribution >= 4 is 65.5 Å². The zero-order chi connectivity index (χ0) is 38.3. The molecule has 0 spiro atoms. The van der Waals surface area contributed by atoms with Crippen LogP contribution in [0, 0.1) is 0 Å². The summed E-state index contributed by atoms with van der Waals surface area (Å²) in [5.41, 5.74) is 16.8. The average molecular weight is 761 g/mol. The second-order valence-electron chi connectivity index (χ2n) is 16.1. The summed E-state index contributed by atoms with van der Waals surface area (Å²) in [4.78, 5) is 0. The monoisotopic (exact) mass is 760 g/mol. The van der Waals surface area contributed by atoms with Gasteiger partial charge in [-0.05, 0) is 119 Å². The average Bonchev–Trinajstić information content (AvgIpc) is 3.94. The first-order valence-corrected chi connectivity index (χ1v) is 21.3. The summed E-state index contributed by atoms with van der Waals surface area (Å²) in [6.45, 7) is 2.38. The van der Waals surface area contributed by atoms with E-state index in [0.717, 1.165) is 12.8 Å². The molecule has 58 heavy (non-hydrogen) atoms. The van der Waals surface area contributed by atoms with Crippen molar-refractivity contribution in [2.24, 2.45) is 0 Å². The summed E-state index contributed by atoms with van der Waals surface area (Å²) < 4.78 is 7.64. The molecule has 0 bridgehead atoms. The van der Waals surface area contributed by atoms with Gasteiger partial charge in [0.15, 0.2) is 0 Å². The van der Waals surface area contributed by atoms with Crippen LogP contribution in [0.15, 0.2) is 176 Å². The number of para-hydroxylation sites is 2. The topological polar surface area (TPSA) is 9.86 Å². The van der Waals surface area contributed by atoms with E-state index in [1.165, 1.54) is 104 Å². The van der Waals surface area contributed by atoms with Crippen molar-refractivity contribution in [3.05, 3.63) is 204 Å². The quantitative estimate of drug-likeness (QED) is 0.165. The molecule has 0 saturated heterocycles. The zero-order valence-corrected chi connectivity index (χ0v) is 33.1. The number of benzene rings is 7. The molecule has 0 radical (unpaired) electrons. The van der Waals surface area contributed by atoms with E-state index in [1.54, 1.807) is 0 Å². The minimum atomic E-state index is 0.279. The van der Waals surface area contributed by atoms with E-state index in [1.807, 2.05) is 11.3 Å². The van der Waals surface area contributed by atoms with E-state index in [2.05, 4.69) is 204 Å². The van der Waals surface area contributed by atoms with Crippen LogP contribution in [0.25, 0.3) is 87.8 Å². The first-order chi connectivity index (χ1) is 28.7. The van der Waals surface area contributed by atoms with Crippen molar-refractivity contribution in [3.63, 3.8) is 0 Å². The Balaban J connectivity index is 1.02. The highest BCUT2D eigenvalue weighted by Gasteiger charge is 2.27. The van der Waals surface area contributed by atoms with Gasteiger partial charge in [-0.1, -0.05) is 128 Å². The third-order valence-electron chi connectivity index (χ3n) is 12.7. The molecule has 0 saturated carbocycles. The standard InChI is InChI=1S/C55H40N2S/c1-35-14-12-24-52-54(35)48-32-39(27-29-51(48)56(52)41-19-6-3-7-20-41)38-26-28-50-46(31-38)43-21-8-10-23-49(43)57(50)42-33-45(55-47(34-42)44-22-9-11-25-53(44)58-55)40-18-13-17-37(30-40)36-15-4-2-5-16-36/h2-13,15-30,32-35,38H,14,31H2,1H3. The van der Waals surface area contributed by atoms with Gasteiger partial charge in [-0.25, -0.2) is 0 Å². The predicted molar refractivity (Wildman–Crippen MR) is 248 cm³/mol. The molecule has 2 aliphatic carbocycles. The summed E-state index contributed by atoms with van der Waals surface area (Å²) >= 11 is 1.90. The van der Waals surface area contributed by atoms with E-state index < -0.39 is 0 Å². The molecule has 2 nitrogen and oxygen atoms in total. The molecular weight excluding hydrogens is 721 g/mol. The van der Waals surface area contributed by atoms with Crippen LogP contribution < -0.4 is 0 Å². The molecule has 2 atom stereocenters. The number of fused-ring (bicyclic) bond motifs is 9. The summed E-state index contributed by atoms with van der Waals surface area (Å²) in [6.07, 6.45) is 11.6. The van der Waals surface area contributed by atoms with Crippen LogP contribution in [0.3, 0.4) is 0 Å². The van der Waals surface area contributed by atoms with Gasteiger partial charge in [0, 0.05) is 65.2 Å². The van der Waals surface area contributed by atoms with Gasteiger partial charge in [-0.2, -0.15) is 0 Å². The fraction of sp³-hybridized carbons (Fsp3) is 0.0909. The molecule has 0 N–H and O–H groups in total. The summed E-state index contributed by atoms with van der Waals surface area (Å²) in [5, 5.41) is 5.34. The molecule has 7 aromatic carbocycles. The van der Waals surface area contributed by atoms with Crippen molar-refractivity contribution < 1.29 is 0 Å². The van der Waals surface area contributed by atoms with Gasteiger partial charge in [0.2, 0.25) is 0 Å². The Morgan fingerprint density at radius 1 is 0.534 bits per heavy atom. The summed E-state index contributed by atoms with van der Waals surface area (Å²) in [5.74, 6) is 0.749. The maximum atomic E-state index is 2.53. The highest BCUT2D eigenvalue weighted by Crippen LogP contribution is 2.46. The molecule has 0 amide bonds. The fourth-order valence-electron chi connectivity index (χ4n) is 9.99. The molecule has 276 valence electrons. The first-order valence-electron chi connectivity index (χ1n) is 20.5. The van der Waals surface area contributed by atoms with Crippen LogP contribution in [0.5, 0.6) is 0 Å². The maximum absolute atomic E-state index is 2.53. The number of nitrogens with zero attached hydrogens (tertiary/aromatic N) is 2. The number of allylic oxidation sites excluding steroid dienone is 2. The number of hydrogen-bond acceptors (Lipinski definition) is 1. The van der Waals surface area contributed by atoms with Crippen LogP contribution in [0.2, 0.25) is 0 Å². The fourth-order valence-corrected chi connectivity index (χ4v) is 11.2. The lowest BCUT2D eigenvalue weighted by Crippen LogP contribution is -2.07. The Bertz CT molecular complexity index is 3300. The highest BCUT2D eigenvalue weighted by atomic mass is 32.1. The van der Waals surface area contributed by atoms with Crippen LogP contribution in [-0.4, -0.2) is 9.13 Å². The van der Waals surface area contributed by atoms with Crippen molar-refractivity contribution in [2.45, 2.75) is 31.6 Å². The molecule has 3 aromatic heterocycles. The third kappa shape index (κ3) is 5.16. The number of rotatable bonds is 5. The van der Waals surface area contributed by atoms with Gasteiger partial charge in [0.05, 0.1) is 11.0 Å². The van der Waals surface area contributed by atoms with E-state index in [4.69, 9.17) is 0 Å². The van der Waals surface area contributed by atoms with Gasteiger partial charge >= 0.3 is 0 Å². The summed E-state index contributed by atoms with van der Waals surface area (Å²) in [7, 11) is 0. The lowest BCUT2D eigenvalue weighted by molar-refractivity contribution is 0.772. The van der Waals surface area contributed by atoms with Gasteiger partial charge in [-0.15, -0.1) is 11.3 Å². The van der Waals surface area contributed by atoms with E-state index in [-0.39, 0.29) is 5.92 Å². The number of aromatic nitrogens is 2. The lowest BCUT2D eigenvalue weighted by atomic mass is 9.85. The molecule has 0 fully saturated rings. The smallest absolute Gasteiger partial charge is 0.0537 e. The Labute approximate surface area is 342 Å². The largest absolute Gasteiger partial charge is 0.310 e. The van der Waals surface area contributed by atoms with E-state index in [9.17, 15) is 0 Å². The third-order valence-corrected chi connectivity index (χ3v) is 13.9. The molecule has 3 heteroatoms. The van der Waals surface area contributed by atoms with Gasteiger partial charge in [-0.3, -0.25) is 0 Å². The Morgan fingerprint density at radius 3 is 2.14 bits per heavy atom. The van der Waals surface area contributed by atoms with Crippen molar-refractivity contribution in [1.29, 1.82) is 0 Å². The Hall–Kier alpha value is -6.68. The highest BCUT2D eigenvalue weighted by molar-refractivity contribution is 7.26. The van der Waals surface area contributed by atoms with Gasteiger partial charge in [0.25, 0.3) is 0 Å². The van der Waals surface area contributed by atoms with Crippen molar-refractivity contribution in [2.75, 3.05) is 0 Å². The number of thiophene rings is 1. The number of hydrogen-bond donors (Lipinski definition) is 0. The zero-order valence-electron chi connectivity index (χ0n) is 32.3. The minimum absolute atomic E-state index is 0.279. The minimum Gasteiger partial charge on any atom is -0.310 e. The Morgan fingerprint density at radius 2 is 1.26 bits per heavy atom. The predicted octanol–water partition coefficient (Wildman–Crippen LogP) is 15.1. The van der Waals surface area contributed by atoms with Crippen LogP contribution in [0.1, 0.15) is 53.3 Å². The normalized spacial score (nSPS) is 16.1. The van der Waals surface area contributed by atoms with Crippen molar-refractivity contribution in [3.8, 4) is 33.6 Å². The molecule has 0 aliphatic heterocycles. The summed E-state index contributed by atoms with van der Waals surface area (Å²) in [6, 6.07) is 60.7. The van der Waals surface area contributed by atoms with Crippen LogP contribution in [-0.2, 0) is 6.42 Å².